The van der Waals surface area contributed by atoms with Crippen LogP contribution >= 0.6 is 0 Å². The van der Waals surface area contributed by atoms with Crippen molar-refractivity contribution in [1.29, 1.82) is 0 Å². The molecule has 3 N–H and O–H groups in total. The zero-order chi connectivity index (χ0) is 12.3. The van der Waals surface area contributed by atoms with E-state index in [1.807, 2.05) is 0 Å². The predicted molar refractivity (Wildman–Crippen MR) is 67.8 cm³/mol. The molecule has 1 saturated carbocycles. The average molecular weight is 242 g/mol. The van der Waals surface area contributed by atoms with E-state index in [1.165, 1.54) is 19.3 Å². The standard InChI is InChI=1S/C13H26N2O2/c1-15(12-4-2-3-11(12)9-14)10-13(16)5-7-17-8-6-13/h11-12,16H,2-10,14H2,1H3. The van der Waals surface area contributed by atoms with Crippen LogP contribution in [0.4, 0.5) is 0 Å². The molecule has 2 unspecified atom stereocenters. The van der Waals surface area contributed by atoms with E-state index in [9.17, 15) is 5.11 Å². The number of ether oxygens (including phenoxy) is 1. The maximum Gasteiger partial charge on any atom is 0.0817 e. The van der Waals surface area contributed by atoms with Crippen LogP contribution in [0.1, 0.15) is 32.1 Å². The zero-order valence-electron chi connectivity index (χ0n) is 10.9. The Bertz CT molecular complexity index is 242. The first-order valence-electron chi connectivity index (χ1n) is 6.85. The van der Waals surface area contributed by atoms with Crippen molar-refractivity contribution in [2.24, 2.45) is 11.7 Å². The molecule has 0 amide bonds. The van der Waals surface area contributed by atoms with Gasteiger partial charge in [0.2, 0.25) is 0 Å². The summed E-state index contributed by atoms with van der Waals surface area (Å²) < 4.78 is 5.32. The summed E-state index contributed by atoms with van der Waals surface area (Å²) in [7, 11) is 2.13. The molecule has 0 aromatic heterocycles. The Balaban J connectivity index is 1.89. The summed E-state index contributed by atoms with van der Waals surface area (Å²) in [5.41, 5.74) is 5.27. The summed E-state index contributed by atoms with van der Waals surface area (Å²) in [5.74, 6) is 0.614. The van der Waals surface area contributed by atoms with Crippen LogP contribution in [0.3, 0.4) is 0 Å². The van der Waals surface area contributed by atoms with Gasteiger partial charge in [-0.3, -0.25) is 0 Å². The van der Waals surface area contributed by atoms with Crippen molar-refractivity contribution < 1.29 is 9.84 Å². The average Bonchev–Trinajstić information content (AvgIpc) is 2.77. The molecular formula is C13H26N2O2. The number of likely N-dealkylation sites (N-methyl/N-ethyl adjacent to an activating group) is 1. The molecule has 0 spiro atoms. The molecule has 4 heteroatoms. The number of nitrogens with zero attached hydrogens (tertiary/aromatic N) is 1. The van der Waals surface area contributed by atoms with Gasteiger partial charge in [-0.15, -0.1) is 0 Å². The maximum atomic E-state index is 10.5. The first-order valence-corrected chi connectivity index (χ1v) is 6.85. The summed E-state index contributed by atoms with van der Waals surface area (Å²) in [5, 5.41) is 10.5. The number of hydrogen-bond acceptors (Lipinski definition) is 4. The molecule has 4 nitrogen and oxygen atoms in total. The number of aliphatic hydroxyl groups is 1. The second kappa shape index (κ2) is 5.65. The van der Waals surface area contributed by atoms with Crippen LogP contribution in [0.15, 0.2) is 0 Å². The maximum absolute atomic E-state index is 10.5. The van der Waals surface area contributed by atoms with Crippen LogP contribution in [-0.2, 0) is 4.74 Å². The summed E-state index contributed by atoms with van der Waals surface area (Å²) >= 11 is 0. The van der Waals surface area contributed by atoms with Gasteiger partial charge in [0.1, 0.15) is 0 Å². The van der Waals surface area contributed by atoms with E-state index in [0.29, 0.717) is 25.2 Å². The number of rotatable bonds is 4. The van der Waals surface area contributed by atoms with Crippen LogP contribution in [0, 0.1) is 5.92 Å². The van der Waals surface area contributed by atoms with Crippen molar-refractivity contribution in [1.82, 2.24) is 4.90 Å². The number of hydrogen-bond donors (Lipinski definition) is 2. The Morgan fingerprint density at radius 2 is 2.06 bits per heavy atom. The molecule has 1 saturated heterocycles. The van der Waals surface area contributed by atoms with Gasteiger partial charge in [0.25, 0.3) is 0 Å². The van der Waals surface area contributed by atoms with Gasteiger partial charge in [-0.1, -0.05) is 6.42 Å². The van der Waals surface area contributed by atoms with Gasteiger partial charge in [-0.2, -0.15) is 0 Å². The van der Waals surface area contributed by atoms with Crippen LogP contribution in [-0.4, -0.2) is 55.0 Å². The monoisotopic (exact) mass is 242 g/mol. The van der Waals surface area contributed by atoms with Gasteiger partial charge in [0, 0.05) is 38.6 Å². The normalized spacial score (nSPS) is 33.2. The lowest BCUT2D eigenvalue weighted by molar-refractivity contribution is -0.0828. The Kier molecular flexibility index (Phi) is 4.42. The fourth-order valence-corrected chi connectivity index (χ4v) is 3.36. The van der Waals surface area contributed by atoms with Crippen molar-refractivity contribution in [2.75, 3.05) is 33.4 Å². The first-order chi connectivity index (χ1) is 8.14. The van der Waals surface area contributed by atoms with Crippen molar-refractivity contribution in [3.05, 3.63) is 0 Å². The molecule has 2 fully saturated rings. The van der Waals surface area contributed by atoms with Gasteiger partial charge in [0.15, 0.2) is 0 Å². The van der Waals surface area contributed by atoms with Crippen LogP contribution in [0.25, 0.3) is 0 Å². The second-order valence-electron chi connectivity index (χ2n) is 5.75. The van der Waals surface area contributed by atoms with Gasteiger partial charge in [-0.05, 0) is 32.4 Å². The lowest BCUT2D eigenvalue weighted by atomic mass is 9.92. The molecule has 1 heterocycles. The summed E-state index contributed by atoms with van der Waals surface area (Å²) in [6.07, 6.45) is 5.27. The van der Waals surface area contributed by atoms with Gasteiger partial charge in [-0.25, -0.2) is 0 Å². The largest absolute Gasteiger partial charge is 0.388 e. The molecule has 0 aromatic carbocycles. The fourth-order valence-electron chi connectivity index (χ4n) is 3.36. The quantitative estimate of drug-likeness (QED) is 0.757. The Labute approximate surface area is 104 Å². The highest BCUT2D eigenvalue weighted by Crippen LogP contribution is 2.30. The fraction of sp³-hybridized carbons (Fsp3) is 1.00. The smallest absolute Gasteiger partial charge is 0.0817 e. The highest BCUT2D eigenvalue weighted by atomic mass is 16.5. The third-order valence-electron chi connectivity index (χ3n) is 4.46. The highest BCUT2D eigenvalue weighted by molar-refractivity contribution is 4.90. The topological polar surface area (TPSA) is 58.7 Å². The molecule has 2 atom stereocenters. The predicted octanol–water partition coefficient (Wildman–Crippen LogP) is 0.587. The van der Waals surface area contributed by atoms with Crippen molar-refractivity contribution >= 4 is 0 Å². The molecule has 100 valence electrons. The summed E-state index contributed by atoms with van der Waals surface area (Å²) in [4.78, 5) is 2.33. The molecule has 2 aliphatic rings. The van der Waals surface area contributed by atoms with Crippen molar-refractivity contribution in [3.63, 3.8) is 0 Å². The second-order valence-corrected chi connectivity index (χ2v) is 5.75. The molecule has 2 rings (SSSR count). The third kappa shape index (κ3) is 3.19. The molecule has 0 bridgehead atoms. The summed E-state index contributed by atoms with van der Waals surface area (Å²) in [6.45, 7) is 2.92. The Morgan fingerprint density at radius 1 is 1.35 bits per heavy atom. The van der Waals surface area contributed by atoms with Gasteiger partial charge in [0.05, 0.1) is 5.60 Å². The van der Waals surface area contributed by atoms with E-state index in [0.717, 1.165) is 25.9 Å². The Hall–Kier alpha value is -0.160. The SMILES string of the molecule is CN(CC1(O)CCOCC1)C1CCCC1CN. The number of nitrogens with two attached hydrogens (primary N) is 1. The first kappa shape index (κ1) is 13.3. The Morgan fingerprint density at radius 3 is 2.71 bits per heavy atom. The molecule has 1 aliphatic heterocycles. The van der Waals surface area contributed by atoms with E-state index in [1.54, 1.807) is 0 Å². The van der Waals surface area contributed by atoms with Gasteiger partial charge >= 0.3 is 0 Å². The third-order valence-corrected chi connectivity index (χ3v) is 4.46. The minimum Gasteiger partial charge on any atom is -0.388 e. The molecule has 0 radical (unpaired) electrons. The van der Waals surface area contributed by atoms with E-state index >= 15 is 0 Å². The van der Waals surface area contributed by atoms with E-state index < -0.39 is 5.60 Å². The van der Waals surface area contributed by atoms with E-state index in [4.69, 9.17) is 10.5 Å². The van der Waals surface area contributed by atoms with Crippen molar-refractivity contribution in [2.45, 2.75) is 43.7 Å². The van der Waals surface area contributed by atoms with Crippen molar-refractivity contribution in [3.8, 4) is 0 Å². The minimum absolute atomic E-state index is 0.547. The molecule has 1 aliphatic carbocycles. The minimum atomic E-state index is -0.547. The molecule has 0 aromatic rings. The molecular weight excluding hydrogens is 216 g/mol. The van der Waals surface area contributed by atoms with Crippen LogP contribution in [0.5, 0.6) is 0 Å². The lowest BCUT2D eigenvalue weighted by Crippen LogP contribution is -2.50. The lowest BCUT2D eigenvalue weighted by Gasteiger charge is -2.39. The van der Waals surface area contributed by atoms with Crippen LogP contribution in [0.2, 0.25) is 0 Å². The zero-order valence-corrected chi connectivity index (χ0v) is 10.9. The van der Waals surface area contributed by atoms with Gasteiger partial charge < -0.3 is 20.5 Å². The van der Waals surface area contributed by atoms with E-state index in [2.05, 4.69) is 11.9 Å². The highest BCUT2D eigenvalue weighted by Gasteiger charge is 2.36. The summed E-state index contributed by atoms with van der Waals surface area (Å²) in [6, 6.07) is 0.562. The van der Waals surface area contributed by atoms with Crippen LogP contribution < -0.4 is 5.73 Å². The van der Waals surface area contributed by atoms with E-state index in [-0.39, 0.29) is 0 Å². The molecule has 17 heavy (non-hydrogen) atoms.